The Hall–Kier alpha value is -3.02. The van der Waals surface area contributed by atoms with Crippen molar-refractivity contribution < 1.29 is 23.4 Å². The van der Waals surface area contributed by atoms with Crippen LogP contribution in [0.15, 0.2) is 65.1 Å². The number of hydrogen-bond donors (Lipinski definition) is 6. The van der Waals surface area contributed by atoms with Gasteiger partial charge < -0.3 is 25.5 Å². The van der Waals surface area contributed by atoms with Gasteiger partial charge in [0.1, 0.15) is 11.5 Å². The van der Waals surface area contributed by atoms with E-state index >= 15 is 0 Å². The summed E-state index contributed by atoms with van der Waals surface area (Å²) in [5.74, 6) is 1.68. The molecule has 218 valence electrons. The molecular weight excluding hydrogens is 528 g/mol. The molecule has 2 atom stereocenters. The minimum absolute atomic E-state index is 0.261. The van der Waals surface area contributed by atoms with E-state index < -0.39 is 22.9 Å². The highest BCUT2D eigenvalue weighted by Crippen LogP contribution is 2.50. The van der Waals surface area contributed by atoms with E-state index in [1.165, 1.54) is 0 Å². The lowest BCUT2D eigenvalue weighted by Crippen LogP contribution is -2.48. The van der Waals surface area contributed by atoms with Crippen molar-refractivity contribution in [2.45, 2.75) is 58.2 Å². The number of aliphatic hydroxyl groups excluding tert-OH is 1. The molecule has 6 N–H and O–H groups in total. The third-order valence-electron chi connectivity index (χ3n) is 7.03. The van der Waals surface area contributed by atoms with Gasteiger partial charge in [0.05, 0.1) is 30.1 Å². The number of carbonyl (C=O) groups excluding carboxylic acids is 1. The van der Waals surface area contributed by atoms with Crippen LogP contribution in [0.25, 0.3) is 0 Å². The number of nitrogens with zero attached hydrogens (tertiary/aromatic N) is 1. The number of amides is 1. The van der Waals surface area contributed by atoms with Gasteiger partial charge in [0.25, 0.3) is 5.91 Å². The van der Waals surface area contributed by atoms with E-state index in [4.69, 9.17) is 4.42 Å². The van der Waals surface area contributed by atoms with Crippen LogP contribution < -0.4 is 20.3 Å². The average molecular weight is 571 g/mol. The summed E-state index contributed by atoms with van der Waals surface area (Å²) in [6, 6.07) is 18.4. The summed E-state index contributed by atoms with van der Waals surface area (Å²) < 4.78 is 28.8. The van der Waals surface area contributed by atoms with Crippen LogP contribution in [-0.2, 0) is 19.4 Å². The molecule has 3 aromatic rings. The highest BCUT2D eigenvalue weighted by molar-refractivity contribution is 8.25. The molecule has 0 saturated carbocycles. The van der Waals surface area contributed by atoms with E-state index in [-0.39, 0.29) is 12.5 Å². The van der Waals surface area contributed by atoms with E-state index in [0.29, 0.717) is 43.1 Å². The number of anilines is 2. The van der Waals surface area contributed by atoms with Crippen molar-refractivity contribution in [2.75, 3.05) is 35.0 Å². The first kappa shape index (κ1) is 30.0. The van der Waals surface area contributed by atoms with Gasteiger partial charge in [-0.1, -0.05) is 37.3 Å². The van der Waals surface area contributed by atoms with Gasteiger partial charge in [-0.3, -0.25) is 18.2 Å². The Labute approximate surface area is 238 Å². The molecule has 40 heavy (non-hydrogen) atoms. The topological polar surface area (TPSA) is 130 Å². The fraction of sp³-hybridized carbons (Fsp3) is 0.433. The summed E-state index contributed by atoms with van der Waals surface area (Å²) in [7, 11) is -2.94. The Bertz CT molecular complexity index is 1240. The maximum Gasteiger partial charge on any atom is 0.251 e. The van der Waals surface area contributed by atoms with Gasteiger partial charge in [0.15, 0.2) is 0 Å². The first-order chi connectivity index (χ1) is 19.3. The van der Waals surface area contributed by atoms with E-state index in [9.17, 15) is 19.0 Å². The lowest BCUT2D eigenvalue weighted by molar-refractivity contribution is 0.0829. The third-order valence-corrected chi connectivity index (χ3v) is 8.96. The Balaban J connectivity index is 1.52. The highest BCUT2D eigenvalue weighted by atomic mass is 32.3. The normalized spacial score (nSPS) is 17.2. The van der Waals surface area contributed by atoms with Crippen LogP contribution in [-0.4, -0.2) is 57.7 Å². The second kappa shape index (κ2) is 14.0. The van der Waals surface area contributed by atoms with E-state index in [0.717, 1.165) is 42.0 Å². The van der Waals surface area contributed by atoms with Crippen molar-refractivity contribution in [1.82, 2.24) is 10.6 Å². The van der Waals surface area contributed by atoms with Crippen molar-refractivity contribution in [3.63, 3.8) is 0 Å². The summed E-state index contributed by atoms with van der Waals surface area (Å²) in [6.07, 6.45) is 2.00. The smallest absolute Gasteiger partial charge is 0.251 e. The van der Waals surface area contributed by atoms with Crippen molar-refractivity contribution in [3.05, 3.63) is 83.3 Å². The van der Waals surface area contributed by atoms with Gasteiger partial charge in [-0.15, -0.1) is 10.8 Å². The van der Waals surface area contributed by atoms with Crippen LogP contribution in [0.4, 0.5) is 11.4 Å². The zero-order valence-electron chi connectivity index (χ0n) is 23.3. The number of benzene rings is 2. The summed E-state index contributed by atoms with van der Waals surface area (Å²) in [6.45, 7) is 5.89. The van der Waals surface area contributed by atoms with Gasteiger partial charge in [0, 0.05) is 37.3 Å². The number of furan rings is 1. The molecule has 1 fully saturated rings. The number of rotatable bonds is 13. The minimum Gasteiger partial charge on any atom is -0.465 e. The Kier molecular flexibility index (Phi) is 10.5. The maximum atomic E-state index is 13.6. The molecule has 1 aliphatic heterocycles. The van der Waals surface area contributed by atoms with Crippen LogP contribution in [0.3, 0.4) is 0 Å². The van der Waals surface area contributed by atoms with Crippen LogP contribution in [0, 0.1) is 0 Å². The molecule has 9 nitrogen and oxygen atoms in total. The number of aliphatic hydroxyl groups is 1. The quantitative estimate of drug-likeness (QED) is 0.169. The second-order valence-corrected chi connectivity index (χ2v) is 12.2. The predicted molar refractivity (Wildman–Crippen MR) is 162 cm³/mol. The largest absolute Gasteiger partial charge is 0.465 e. The Morgan fingerprint density at radius 2 is 1.82 bits per heavy atom. The lowest BCUT2D eigenvalue weighted by Gasteiger charge is -2.47. The van der Waals surface area contributed by atoms with Crippen molar-refractivity contribution >= 4 is 28.1 Å². The number of aryl methyl sites for hydroxylation is 1. The molecule has 2 heterocycles. The molecule has 0 bridgehead atoms. The first-order valence-corrected chi connectivity index (χ1v) is 15.7. The lowest BCUT2D eigenvalue weighted by atomic mass is 10.00. The zero-order valence-corrected chi connectivity index (χ0v) is 24.1. The number of carbonyl (C=O) groups is 1. The molecule has 0 spiro atoms. The summed E-state index contributed by atoms with van der Waals surface area (Å²) in [4.78, 5) is 13.6. The van der Waals surface area contributed by atoms with Crippen LogP contribution in [0.5, 0.6) is 0 Å². The summed E-state index contributed by atoms with van der Waals surface area (Å²) >= 11 is 0. The first-order valence-electron chi connectivity index (χ1n) is 14.0. The standard InChI is InChI=1S/C30H42N4O5S/c1-3-26-12-13-27(39-26)20-31-21-29(35)28(16-22-10-6-5-7-11-22)33-30(36)23-17-24(32-4-2)19-25(18-23)34-14-8-9-15-40(34,37)38/h5-7,10-13,17-19,28-29,31-32,35,37-38H,3-4,8-9,14-16,20-21H2,1-2H3,(H,33,36). The molecular formula is C30H42N4O5S. The second-order valence-electron chi connectivity index (χ2n) is 10.1. The van der Waals surface area contributed by atoms with Gasteiger partial charge in [-0.05, 0) is 62.1 Å². The maximum absolute atomic E-state index is 13.6. The van der Waals surface area contributed by atoms with Gasteiger partial charge >= 0.3 is 0 Å². The molecule has 1 saturated heterocycles. The average Bonchev–Trinajstić information content (AvgIpc) is 3.41. The van der Waals surface area contributed by atoms with E-state index in [1.54, 1.807) is 16.4 Å². The molecule has 0 aliphatic carbocycles. The van der Waals surface area contributed by atoms with Gasteiger partial charge in [0.2, 0.25) is 0 Å². The minimum atomic E-state index is -2.94. The molecule has 0 radical (unpaired) electrons. The summed E-state index contributed by atoms with van der Waals surface area (Å²) in [5.41, 5.74) is 2.69. The molecule has 2 unspecified atom stereocenters. The molecule has 1 amide bonds. The molecule has 1 aliphatic rings. The molecule has 2 aromatic carbocycles. The van der Waals surface area contributed by atoms with Gasteiger partial charge in [-0.25, -0.2) is 0 Å². The van der Waals surface area contributed by atoms with Gasteiger partial charge in [-0.2, -0.15) is 0 Å². The molecule has 10 heteroatoms. The monoisotopic (exact) mass is 570 g/mol. The van der Waals surface area contributed by atoms with Crippen molar-refractivity contribution in [2.24, 2.45) is 0 Å². The molecule has 1 aromatic heterocycles. The number of nitrogens with one attached hydrogen (secondary N) is 3. The zero-order chi connectivity index (χ0) is 28.5. The Morgan fingerprint density at radius 1 is 1.05 bits per heavy atom. The van der Waals surface area contributed by atoms with Crippen LogP contribution in [0.2, 0.25) is 0 Å². The predicted octanol–water partition coefficient (Wildman–Crippen LogP) is 5.03. The third kappa shape index (κ3) is 8.02. The highest BCUT2D eigenvalue weighted by Gasteiger charge is 2.28. The SMILES string of the molecule is CCNc1cc(C(=O)NC(Cc2ccccc2)C(O)CNCc2ccc(CC)o2)cc(N2CCCCS2(O)O)c1. The van der Waals surface area contributed by atoms with E-state index in [1.807, 2.05) is 62.4 Å². The van der Waals surface area contributed by atoms with Crippen molar-refractivity contribution in [1.29, 1.82) is 0 Å². The van der Waals surface area contributed by atoms with Crippen molar-refractivity contribution in [3.8, 4) is 0 Å². The molecule has 4 rings (SSSR count). The van der Waals surface area contributed by atoms with Crippen LogP contribution >= 0.6 is 10.8 Å². The van der Waals surface area contributed by atoms with Crippen LogP contribution in [0.1, 0.15) is 54.1 Å². The number of hydrogen-bond acceptors (Lipinski definition) is 8. The fourth-order valence-electron chi connectivity index (χ4n) is 4.89. The Morgan fingerprint density at radius 3 is 2.52 bits per heavy atom. The summed E-state index contributed by atoms with van der Waals surface area (Å²) in [5, 5.41) is 20.7. The fourth-order valence-corrected chi connectivity index (χ4v) is 6.57. The van der Waals surface area contributed by atoms with E-state index in [2.05, 4.69) is 16.0 Å².